The fourth-order valence-corrected chi connectivity index (χ4v) is 8.09. The molecule has 2 aliphatic heterocycles. The second-order valence-electron chi connectivity index (χ2n) is 9.04. The Hall–Kier alpha value is -0.830. The molecule has 3 saturated carbocycles. The molecule has 6 aliphatic rings. The lowest BCUT2D eigenvalue weighted by molar-refractivity contribution is -0.250. The summed E-state index contributed by atoms with van der Waals surface area (Å²) in [5.41, 5.74) is 3.28. The summed E-state index contributed by atoms with van der Waals surface area (Å²) in [6.07, 6.45) is 7.28. The standard InChI is InChI=1S/C21H28NO3P/c1-3-22-11-10-21-16-13-4-5-14(25-26)17(16)24-18(21)20(23-2)8-6-19(21,7-9-20)15(22)12-13/h4-5,15,18H,3,6-12,26H2,1-2H3/t15-,18+,19?,20?,21+/m1/s1. The maximum Gasteiger partial charge on any atom is 0.166 e. The monoisotopic (exact) mass is 373 g/mol. The summed E-state index contributed by atoms with van der Waals surface area (Å²) >= 11 is 0. The van der Waals surface area contributed by atoms with E-state index in [1.54, 1.807) is 0 Å². The van der Waals surface area contributed by atoms with E-state index in [9.17, 15) is 0 Å². The van der Waals surface area contributed by atoms with Gasteiger partial charge in [0.15, 0.2) is 11.5 Å². The predicted molar refractivity (Wildman–Crippen MR) is 103 cm³/mol. The van der Waals surface area contributed by atoms with E-state index in [0.29, 0.717) is 11.5 Å². The highest BCUT2D eigenvalue weighted by molar-refractivity contribution is 7.10. The number of fused-ring (bicyclic) bond motifs is 2. The van der Waals surface area contributed by atoms with Gasteiger partial charge in [-0.15, -0.1) is 0 Å². The van der Waals surface area contributed by atoms with Crippen LogP contribution in [0.1, 0.15) is 50.2 Å². The molecule has 4 aliphatic carbocycles. The SMILES string of the molecule is CCN1CC[C@]23c4c5ccc(OP)c4O[C@H]2C2(OC)CCC3(CC2)[C@H]1C5. The summed E-state index contributed by atoms with van der Waals surface area (Å²) in [6.45, 7) is 4.65. The van der Waals surface area contributed by atoms with E-state index < -0.39 is 0 Å². The van der Waals surface area contributed by atoms with Crippen molar-refractivity contribution in [2.75, 3.05) is 20.2 Å². The van der Waals surface area contributed by atoms with Gasteiger partial charge in [0.2, 0.25) is 0 Å². The topological polar surface area (TPSA) is 30.9 Å². The largest absolute Gasteiger partial charge is 0.482 e. The number of likely N-dealkylation sites (tertiary alicyclic amines) is 1. The lowest BCUT2D eigenvalue weighted by atomic mass is 9.36. The van der Waals surface area contributed by atoms with Gasteiger partial charge in [-0.3, -0.25) is 4.90 Å². The van der Waals surface area contributed by atoms with Gasteiger partial charge < -0.3 is 14.0 Å². The van der Waals surface area contributed by atoms with Gasteiger partial charge in [-0.05, 0) is 68.7 Å². The van der Waals surface area contributed by atoms with Crippen molar-refractivity contribution in [3.63, 3.8) is 0 Å². The molecule has 1 aromatic rings. The van der Waals surface area contributed by atoms with Crippen LogP contribution < -0.4 is 9.26 Å². The molecule has 140 valence electrons. The molecule has 2 spiro atoms. The minimum atomic E-state index is -0.132. The fourth-order valence-electron chi connectivity index (χ4n) is 7.90. The summed E-state index contributed by atoms with van der Waals surface area (Å²) in [4.78, 5) is 2.76. The third kappa shape index (κ3) is 1.46. The Morgan fingerprint density at radius 3 is 2.73 bits per heavy atom. The highest BCUT2D eigenvalue weighted by Crippen LogP contribution is 2.75. The summed E-state index contributed by atoms with van der Waals surface area (Å²) in [6, 6.07) is 5.04. The zero-order valence-electron chi connectivity index (χ0n) is 15.7. The maximum absolute atomic E-state index is 6.81. The summed E-state index contributed by atoms with van der Waals surface area (Å²) in [7, 11) is 4.31. The number of likely N-dealkylation sites (N-methyl/N-ethyl adjacent to an activating group) is 1. The summed E-state index contributed by atoms with van der Waals surface area (Å²) in [5.74, 6) is 1.88. The van der Waals surface area contributed by atoms with E-state index >= 15 is 0 Å². The molecule has 0 aromatic heterocycles. The Morgan fingerprint density at radius 2 is 2.04 bits per heavy atom. The zero-order chi connectivity index (χ0) is 17.7. The number of hydrogen-bond donors (Lipinski definition) is 0. The quantitative estimate of drug-likeness (QED) is 0.760. The van der Waals surface area contributed by atoms with Crippen LogP contribution in [0.3, 0.4) is 0 Å². The molecule has 4 atom stereocenters. The molecule has 1 unspecified atom stereocenters. The minimum Gasteiger partial charge on any atom is -0.482 e. The zero-order valence-corrected chi connectivity index (χ0v) is 16.9. The van der Waals surface area contributed by atoms with Crippen LogP contribution in [0.4, 0.5) is 0 Å². The number of rotatable bonds is 3. The fraction of sp³-hybridized carbons (Fsp3) is 0.714. The molecule has 4 bridgehead atoms. The van der Waals surface area contributed by atoms with Gasteiger partial charge in [0.25, 0.3) is 0 Å². The van der Waals surface area contributed by atoms with Gasteiger partial charge >= 0.3 is 0 Å². The first kappa shape index (κ1) is 16.2. The molecule has 1 saturated heterocycles. The van der Waals surface area contributed by atoms with Crippen molar-refractivity contribution in [2.45, 2.75) is 68.6 Å². The Kier molecular flexibility index (Phi) is 3.08. The molecule has 2 heterocycles. The smallest absolute Gasteiger partial charge is 0.166 e. The van der Waals surface area contributed by atoms with E-state index in [-0.39, 0.29) is 17.1 Å². The number of methoxy groups -OCH3 is 1. The number of ether oxygens (including phenoxy) is 2. The number of hydrogen-bond acceptors (Lipinski definition) is 4. The average molecular weight is 373 g/mol. The van der Waals surface area contributed by atoms with Crippen LogP contribution in [0.2, 0.25) is 0 Å². The van der Waals surface area contributed by atoms with Crippen molar-refractivity contribution in [1.82, 2.24) is 4.90 Å². The highest BCUT2D eigenvalue weighted by Gasteiger charge is 2.78. The molecular weight excluding hydrogens is 345 g/mol. The average Bonchev–Trinajstić information content (AvgIpc) is 3.05. The number of nitrogens with zero attached hydrogens (tertiary/aromatic N) is 1. The Bertz CT molecular complexity index is 788. The van der Waals surface area contributed by atoms with Crippen LogP contribution in [0, 0.1) is 5.41 Å². The molecule has 5 heteroatoms. The summed E-state index contributed by atoms with van der Waals surface area (Å²) < 4.78 is 18.7. The number of piperidine rings is 1. The third-order valence-electron chi connectivity index (χ3n) is 8.92. The lowest BCUT2D eigenvalue weighted by Crippen LogP contribution is -2.78. The van der Waals surface area contributed by atoms with Crippen molar-refractivity contribution in [3.8, 4) is 11.5 Å². The van der Waals surface area contributed by atoms with Crippen LogP contribution in [-0.4, -0.2) is 42.8 Å². The molecule has 0 amide bonds. The molecular formula is C21H28NO3P. The van der Waals surface area contributed by atoms with Crippen LogP contribution >= 0.6 is 9.47 Å². The van der Waals surface area contributed by atoms with Crippen LogP contribution in [0.15, 0.2) is 12.1 Å². The van der Waals surface area contributed by atoms with Crippen molar-refractivity contribution >= 4 is 9.47 Å². The Balaban J connectivity index is 1.67. The third-order valence-corrected chi connectivity index (χ3v) is 9.17. The van der Waals surface area contributed by atoms with Crippen LogP contribution in [0.25, 0.3) is 0 Å². The molecule has 7 rings (SSSR count). The molecule has 0 radical (unpaired) electrons. The van der Waals surface area contributed by atoms with E-state index in [1.165, 1.54) is 36.9 Å². The molecule has 4 fully saturated rings. The van der Waals surface area contributed by atoms with Gasteiger partial charge in [0, 0.05) is 24.1 Å². The molecule has 26 heavy (non-hydrogen) atoms. The minimum absolute atomic E-state index is 0.109. The van der Waals surface area contributed by atoms with Gasteiger partial charge in [0.05, 0.1) is 9.47 Å². The number of benzene rings is 1. The van der Waals surface area contributed by atoms with E-state index in [0.717, 1.165) is 37.3 Å². The summed E-state index contributed by atoms with van der Waals surface area (Å²) in [5, 5.41) is 0. The maximum atomic E-state index is 6.81. The van der Waals surface area contributed by atoms with Gasteiger partial charge in [-0.1, -0.05) is 13.0 Å². The lowest BCUT2D eigenvalue weighted by Gasteiger charge is -2.72. The highest BCUT2D eigenvalue weighted by atomic mass is 31.0. The van der Waals surface area contributed by atoms with E-state index in [1.807, 2.05) is 7.11 Å². The van der Waals surface area contributed by atoms with Crippen molar-refractivity contribution in [3.05, 3.63) is 23.3 Å². The van der Waals surface area contributed by atoms with Crippen LogP contribution in [-0.2, 0) is 16.6 Å². The first-order valence-corrected chi connectivity index (χ1v) is 10.6. The first-order valence-electron chi connectivity index (χ1n) is 10.1. The van der Waals surface area contributed by atoms with Crippen molar-refractivity contribution in [1.29, 1.82) is 0 Å². The van der Waals surface area contributed by atoms with Crippen molar-refractivity contribution in [2.24, 2.45) is 5.41 Å². The van der Waals surface area contributed by atoms with E-state index in [2.05, 4.69) is 33.4 Å². The first-order chi connectivity index (χ1) is 12.7. The van der Waals surface area contributed by atoms with E-state index in [4.69, 9.17) is 14.0 Å². The Morgan fingerprint density at radius 1 is 1.23 bits per heavy atom. The van der Waals surface area contributed by atoms with Gasteiger partial charge in [-0.25, -0.2) is 0 Å². The van der Waals surface area contributed by atoms with Gasteiger partial charge in [0.1, 0.15) is 11.7 Å². The predicted octanol–water partition coefficient (Wildman–Crippen LogP) is 3.46. The van der Waals surface area contributed by atoms with Gasteiger partial charge in [-0.2, -0.15) is 0 Å². The van der Waals surface area contributed by atoms with Crippen molar-refractivity contribution < 1.29 is 14.0 Å². The normalized spacial score (nSPS) is 44.6. The van der Waals surface area contributed by atoms with Crippen LogP contribution in [0.5, 0.6) is 11.5 Å². The molecule has 4 nitrogen and oxygen atoms in total. The molecule has 1 aromatic carbocycles. The second kappa shape index (κ2) is 4.96. The second-order valence-corrected chi connectivity index (χ2v) is 9.27. The Labute approximate surface area is 157 Å². The molecule has 0 N–H and O–H groups in total.